The number of aromatic nitrogens is 3. The second-order valence-corrected chi connectivity index (χ2v) is 7.65. The summed E-state index contributed by atoms with van der Waals surface area (Å²) < 4.78 is 15.4. The fraction of sp³-hybridized carbons (Fsp3) is 0.208. The van der Waals surface area contributed by atoms with Gasteiger partial charge in [0.05, 0.1) is 0 Å². The fourth-order valence-corrected chi connectivity index (χ4v) is 3.90. The molecule has 7 nitrogen and oxygen atoms in total. The van der Waals surface area contributed by atoms with Crippen LogP contribution < -0.4 is 11.1 Å². The lowest BCUT2D eigenvalue weighted by atomic mass is 10.0. The number of aryl methyl sites for hydroxylation is 3. The molecule has 0 aliphatic rings. The third-order valence-corrected chi connectivity index (χ3v) is 5.45. The van der Waals surface area contributed by atoms with Crippen LogP contribution in [0.4, 0.5) is 15.9 Å². The molecule has 4 aromatic rings. The third kappa shape index (κ3) is 3.80. The van der Waals surface area contributed by atoms with Crippen molar-refractivity contribution in [1.29, 1.82) is 0 Å². The summed E-state index contributed by atoms with van der Waals surface area (Å²) in [5.74, 6) is 0.0411. The van der Waals surface area contributed by atoms with E-state index < -0.39 is 17.8 Å². The van der Waals surface area contributed by atoms with Crippen molar-refractivity contribution in [1.82, 2.24) is 14.4 Å². The molecule has 2 heterocycles. The van der Waals surface area contributed by atoms with Crippen molar-refractivity contribution in [3.8, 4) is 11.3 Å². The summed E-state index contributed by atoms with van der Waals surface area (Å²) in [6.45, 7) is 5.86. The van der Waals surface area contributed by atoms with Gasteiger partial charge < -0.3 is 16.2 Å². The number of hydrogen-bond acceptors (Lipinski definition) is 5. The number of aliphatic hydroxyl groups is 1. The van der Waals surface area contributed by atoms with Crippen molar-refractivity contribution in [3.05, 3.63) is 77.1 Å². The number of amides is 1. The lowest BCUT2D eigenvalue weighted by Crippen LogP contribution is -2.21. The van der Waals surface area contributed by atoms with Crippen LogP contribution in [-0.4, -0.2) is 25.4 Å². The molecule has 0 saturated heterocycles. The molecule has 0 aliphatic carbocycles. The standard InChI is InChI=1S/C24H24FN5O2/c1-4-15-11-18(29-24(32)22(31)16-6-5-7-17(25)10-16)8-9-19(15)20-21-23(26)27-12-13(2)30(21)14(3)28-20/h5-12,22,31H,4H2,1-3H3,(H2,26,27)(H,29,32). The summed E-state index contributed by atoms with van der Waals surface area (Å²) in [6, 6.07) is 10.8. The van der Waals surface area contributed by atoms with E-state index in [1.54, 1.807) is 12.3 Å². The van der Waals surface area contributed by atoms with Gasteiger partial charge >= 0.3 is 0 Å². The Balaban J connectivity index is 1.68. The molecule has 4 N–H and O–H groups in total. The van der Waals surface area contributed by atoms with Gasteiger partial charge in [-0.25, -0.2) is 14.4 Å². The topological polar surface area (TPSA) is 106 Å². The number of nitrogens with one attached hydrogen (secondary N) is 1. The number of carbonyl (C=O) groups is 1. The second-order valence-electron chi connectivity index (χ2n) is 7.65. The first-order valence-electron chi connectivity index (χ1n) is 10.3. The number of aliphatic hydroxyl groups excluding tert-OH is 1. The molecule has 1 amide bonds. The molecule has 0 fully saturated rings. The summed E-state index contributed by atoms with van der Waals surface area (Å²) in [4.78, 5) is 21.5. The highest BCUT2D eigenvalue weighted by atomic mass is 19.1. The molecule has 164 valence electrons. The van der Waals surface area contributed by atoms with Gasteiger partial charge in [0, 0.05) is 23.1 Å². The van der Waals surface area contributed by atoms with Crippen molar-refractivity contribution >= 4 is 22.9 Å². The number of halogens is 1. The minimum atomic E-state index is -1.48. The first kappa shape index (κ1) is 21.5. The number of nitrogen functional groups attached to an aromatic ring is 1. The Morgan fingerprint density at radius 1 is 1.25 bits per heavy atom. The predicted molar refractivity (Wildman–Crippen MR) is 122 cm³/mol. The molecule has 2 aromatic carbocycles. The van der Waals surface area contributed by atoms with Crippen LogP contribution in [0.5, 0.6) is 0 Å². The normalized spacial score (nSPS) is 12.2. The molecule has 4 rings (SSSR count). The Morgan fingerprint density at radius 3 is 2.75 bits per heavy atom. The number of anilines is 2. The van der Waals surface area contributed by atoms with Gasteiger partial charge in [-0.3, -0.25) is 9.20 Å². The molecule has 0 radical (unpaired) electrons. The molecule has 32 heavy (non-hydrogen) atoms. The Hall–Kier alpha value is -3.78. The first-order chi connectivity index (χ1) is 15.3. The Bertz CT molecular complexity index is 1330. The predicted octanol–water partition coefficient (Wildman–Crippen LogP) is 3.97. The van der Waals surface area contributed by atoms with Crippen LogP contribution in [0.2, 0.25) is 0 Å². The van der Waals surface area contributed by atoms with E-state index in [4.69, 9.17) is 10.7 Å². The van der Waals surface area contributed by atoms with Crippen molar-refractivity contribution in [2.24, 2.45) is 0 Å². The molecule has 1 unspecified atom stereocenters. The number of fused-ring (bicyclic) bond motifs is 1. The smallest absolute Gasteiger partial charge is 0.257 e. The Labute approximate surface area is 184 Å². The first-order valence-corrected chi connectivity index (χ1v) is 10.3. The lowest BCUT2D eigenvalue weighted by Gasteiger charge is -2.14. The molecule has 0 spiro atoms. The minimum absolute atomic E-state index is 0.188. The number of hydrogen-bond donors (Lipinski definition) is 3. The molecule has 8 heteroatoms. The van der Waals surface area contributed by atoms with E-state index in [9.17, 15) is 14.3 Å². The molecule has 0 aliphatic heterocycles. The van der Waals surface area contributed by atoms with Crippen molar-refractivity contribution in [2.75, 3.05) is 11.1 Å². The van der Waals surface area contributed by atoms with E-state index in [1.807, 2.05) is 37.3 Å². The van der Waals surface area contributed by atoms with Crippen LogP contribution >= 0.6 is 0 Å². The number of benzene rings is 2. The van der Waals surface area contributed by atoms with Gasteiger partial charge in [0.15, 0.2) is 6.10 Å². The number of carbonyl (C=O) groups excluding carboxylic acids is 1. The molecule has 0 saturated carbocycles. The van der Waals surface area contributed by atoms with Gasteiger partial charge in [-0.15, -0.1) is 0 Å². The van der Waals surface area contributed by atoms with Gasteiger partial charge in [0.2, 0.25) is 0 Å². The van der Waals surface area contributed by atoms with E-state index in [-0.39, 0.29) is 5.56 Å². The molecule has 2 aromatic heterocycles. The lowest BCUT2D eigenvalue weighted by molar-refractivity contribution is -0.124. The Morgan fingerprint density at radius 2 is 2.03 bits per heavy atom. The van der Waals surface area contributed by atoms with E-state index in [0.29, 0.717) is 17.9 Å². The van der Waals surface area contributed by atoms with Crippen LogP contribution in [0.25, 0.3) is 16.8 Å². The average molecular weight is 433 g/mol. The summed E-state index contributed by atoms with van der Waals surface area (Å²) in [5.41, 5.74) is 11.1. The number of nitrogens with zero attached hydrogens (tertiary/aromatic N) is 3. The quantitative estimate of drug-likeness (QED) is 0.442. The maximum absolute atomic E-state index is 13.4. The highest BCUT2D eigenvalue weighted by Gasteiger charge is 2.20. The zero-order valence-electron chi connectivity index (χ0n) is 18.1. The fourth-order valence-electron chi connectivity index (χ4n) is 3.90. The summed E-state index contributed by atoms with van der Waals surface area (Å²) >= 11 is 0. The molecule has 1 atom stereocenters. The van der Waals surface area contributed by atoms with Crippen LogP contribution in [0.1, 0.15) is 35.7 Å². The van der Waals surface area contributed by atoms with Crippen molar-refractivity contribution in [2.45, 2.75) is 33.3 Å². The van der Waals surface area contributed by atoms with Gasteiger partial charge in [0.1, 0.15) is 28.7 Å². The Kier molecular flexibility index (Phi) is 5.63. The monoisotopic (exact) mass is 433 g/mol. The van der Waals surface area contributed by atoms with Crippen LogP contribution in [-0.2, 0) is 11.2 Å². The van der Waals surface area contributed by atoms with Crippen molar-refractivity contribution < 1.29 is 14.3 Å². The highest BCUT2D eigenvalue weighted by molar-refractivity contribution is 5.95. The maximum Gasteiger partial charge on any atom is 0.257 e. The zero-order valence-corrected chi connectivity index (χ0v) is 18.1. The third-order valence-electron chi connectivity index (χ3n) is 5.45. The van der Waals surface area contributed by atoms with Crippen LogP contribution in [0.15, 0.2) is 48.7 Å². The van der Waals surface area contributed by atoms with Gasteiger partial charge in [-0.1, -0.05) is 25.1 Å². The largest absolute Gasteiger partial charge is 0.382 e. The van der Waals surface area contributed by atoms with Gasteiger partial charge in [-0.2, -0.15) is 0 Å². The van der Waals surface area contributed by atoms with E-state index >= 15 is 0 Å². The minimum Gasteiger partial charge on any atom is -0.382 e. The zero-order chi connectivity index (χ0) is 23.0. The number of rotatable bonds is 5. The number of imidazole rings is 1. The van der Waals surface area contributed by atoms with E-state index in [1.165, 1.54) is 18.2 Å². The summed E-state index contributed by atoms with van der Waals surface area (Å²) in [6.07, 6.45) is 0.913. The van der Waals surface area contributed by atoms with Gasteiger partial charge in [-0.05, 0) is 55.7 Å². The highest BCUT2D eigenvalue weighted by Crippen LogP contribution is 2.33. The van der Waals surface area contributed by atoms with E-state index in [0.717, 1.165) is 39.9 Å². The number of nitrogens with two attached hydrogens (primary N) is 1. The molecular formula is C24H24FN5O2. The van der Waals surface area contributed by atoms with Crippen LogP contribution in [0, 0.1) is 19.7 Å². The average Bonchev–Trinajstić information content (AvgIpc) is 3.13. The molecule has 0 bridgehead atoms. The van der Waals surface area contributed by atoms with Crippen molar-refractivity contribution in [3.63, 3.8) is 0 Å². The second kappa shape index (κ2) is 8.39. The van der Waals surface area contributed by atoms with Gasteiger partial charge in [0.25, 0.3) is 5.91 Å². The molecular weight excluding hydrogens is 409 g/mol. The maximum atomic E-state index is 13.4. The van der Waals surface area contributed by atoms with E-state index in [2.05, 4.69) is 10.3 Å². The van der Waals surface area contributed by atoms with Crippen LogP contribution in [0.3, 0.4) is 0 Å². The summed E-state index contributed by atoms with van der Waals surface area (Å²) in [7, 11) is 0. The summed E-state index contributed by atoms with van der Waals surface area (Å²) in [5, 5.41) is 13.0. The SMILES string of the molecule is CCc1cc(NC(=O)C(O)c2cccc(F)c2)ccc1-c1nc(C)n2c(C)cnc(N)c12.